The minimum absolute atomic E-state index is 0.123. The van der Waals surface area contributed by atoms with Crippen LogP contribution in [0.2, 0.25) is 5.02 Å². The third kappa shape index (κ3) is 4.15. The Hall–Kier alpha value is -1.72. The first-order chi connectivity index (χ1) is 9.54. The number of amides is 1. The van der Waals surface area contributed by atoms with Gasteiger partial charge in [-0.2, -0.15) is 0 Å². The maximum Gasteiger partial charge on any atom is 0.234 e. The molecule has 3 N–H and O–H groups in total. The Morgan fingerprint density at radius 2 is 1.95 bits per heavy atom. The van der Waals surface area contributed by atoms with Crippen LogP contribution in [0.4, 0.5) is 15.8 Å². The summed E-state index contributed by atoms with van der Waals surface area (Å²) in [4.78, 5) is 12.7. The van der Waals surface area contributed by atoms with Gasteiger partial charge in [0.25, 0.3) is 0 Å². The third-order valence-electron chi connectivity index (χ3n) is 2.46. The number of carbonyl (C=O) groups is 1. The average molecular weight is 311 g/mol. The molecule has 3 nitrogen and oxygen atoms in total. The second-order valence-electron chi connectivity index (χ2n) is 4.03. The van der Waals surface area contributed by atoms with Crippen LogP contribution in [0.1, 0.15) is 0 Å². The van der Waals surface area contributed by atoms with Crippen molar-refractivity contribution in [3.05, 3.63) is 53.3 Å². The molecule has 0 saturated carbocycles. The van der Waals surface area contributed by atoms with E-state index in [4.69, 9.17) is 17.3 Å². The Balaban J connectivity index is 1.90. The number of nitrogens with one attached hydrogen (secondary N) is 1. The molecule has 2 aromatic rings. The van der Waals surface area contributed by atoms with Gasteiger partial charge in [-0.25, -0.2) is 4.39 Å². The number of hydrogen-bond acceptors (Lipinski definition) is 3. The van der Waals surface area contributed by atoms with Crippen molar-refractivity contribution >= 4 is 40.6 Å². The van der Waals surface area contributed by atoms with E-state index < -0.39 is 5.82 Å². The smallest absolute Gasteiger partial charge is 0.234 e. The first-order valence-corrected chi connectivity index (χ1v) is 7.14. The van der Waals surface area contributed by atoms with Crippen LogP contribution in [0.15, 0.2) is 47.4 Å². The van der Waals surface area contributed by atoms with E-state index in [2.05, 4.69) is 5.32 Å². The lowest BCUT2D eigenvalue weighted by molar-refractivity contribution is -0.113. The minimum atomic E-state index is -0.552. The van der Waals surface area contributed by atoms with Crippen molar-refractivity contribution in [1.82, 2.24) is 0 Å². The number of nitrogen functional groups attached to an aromatic ring is 1. The Morgan fingerprint density at radius 3 is 2.60 bits per heavy atom. The molecule has 0 aliphatic carbocycles. The lowest BCUT2D eigenvalue weighted by atomic mass is 10.3. The van der Waals surface area contributed by atoms with E-state index in [0.717, 1.165) is 11.0 Å². The molecule has 0 aromatic heterocycles. The fourth-order valence-electron chi connectivity index (χ4n) is 1.49. The van der Waals surface area contributed by atoms with Gasteiger partial charge in [0, 0.05) is 15.6 Å². The monoisotopic (exact) mass is 310 g/mol. The summed E-state index contributed by atoms with van der Waals surface area (Å²) in [7, 11) is 0. The highest BCUT2D eigenvalue weighted by Crippen LogP contribution is 2.21. The molecule has 2 rings (SSSR count). The van der Waals surface area contributed by atoms with Gasteiger partial charge in [0.1, 0.15) is 5.82 Å². The molecule has 20 heavy (non-hydrogen) atoms. The molecule has 1 amide bonds. The van der Waals surface area contributed by atoms with Crippen molar-refractivity contribution in [2.45, 2.75) is 4.90 Å². The first-order valence-electron chi connectivity index (χ1n) is 5.78. The standard InChI is InChI=1S/C14H12ClFN2OS/c15-9-1-6-13(12(16)7-9)18-14(19)8-20-11-4-2-10(17)3-5-11/h1-7H,8,17H2,(H,18,19). The molecule has 104 valence electrons. The van der Waals surface area contributed by atoms with Crippen LogP contribution < -0.4 is 11.1 Å². The van der Waals surface area contributed by atoms with Crippen molar-refractivity contribution in [3.8, 4) is 0 Å². The van der Waals surface area contributed by atoms with Crippen LogP contribution in [0, 0.1) is 5.82 Å². The van der Waals surface area contributed by atoms with Gasteiger partial charge in [0.05, 0.1) is 11.4 Å². The van der Waals surface area contributed by atoms with Gasteiger partial charge in [-0.15, -0.1) is 11.8 Å². The SMILES string of the molecule is Nc1ccc(SCC(=O)Nc2ccc(Cl)cc2F)cc1. The lowest BCUT2D eigenvalue weighted by Gasteiger charge is -2.06. The largest absolute Gasteiger partial charge is 0.399 e. The maximum atomic E-state index is 13.5. The topological polar surface area (TPSA) is 55.1 Å². The number of carbonyl (C=O) groups excluding carboxylic acids is 1. The van der Waals surface area contributed by atoms with Crippen molar-refractivity contribution in [2.24, 2.45) is 0 Å². The van der Waals surface area contributed by atoms with E-state index in [-0.39, 0.29) is 22.4 Å². The predicted octanol–water partition coefficient (Wildman–Crippen LogP) is 3.79. The number of halogens is 2. The van der Waals surface area contributed by atoms with Gasteiger partial charge in [0.2, 0.25) is 5.91 Å². The molecule has 0 aliphatic rings. The molecule has 0 atom stereocenters. The Bertz CT molecular complexity index is 619. The van der Waals surface area contributed by atoms with Gasteiger partial charge in [0.15, 0.2) is 0 Å². The molecule has 0 heterocycles. The molecule has 0 unspecified atom stereocenters. The van der Waals surface area contributed by atoms with Gasteiger partial charge in [-0.05, 0) is 42.5 Å². The highest BCUT2D eigenvalue weighted by Gasteiger charge is 2.08. The normalized spacial score (nSPS) is 10.3. The van der Waals surface area contributed by atoms with E-state index in [9.17, 15) is 9.18 Å². The van der Waals surface area contributed by atoms with E-state index in [0.29, 0.717) is 5.69 Å². The Labute approximate surface area is 125 Å². The van der Waals surface area contributed by atoms with E-state index >= 15 is 0 Å². The summed E-state index contributed by atoms with van der Waals surface area (Å²) in [5.41, 5.74) is 6.36. The molecular weight excluding hydrogens is 299 g/mol. The van der Waals surface area contributed by atoms with Crippen LogP contribution in [-0.4, -0.2) is 11.7 Å². The fourth-order valence-corrected chi connectivity index (χ4v) is 2.35. The first kappa shape index (κ1) is 14.7. The summed E-state index contributed by atoms with van der Waals surface area (Å²) < 4.78 is 13.5. The highest BCUT2D eigenvalue weighted by molar-refractivity contribution is 8.00. The van der Waals surface area contributed by atoms with Gasteiger partial charge in [-0.1, -0.05) is 11.6 Å². The number of hydrogen-bond donors (Lipinski definition) is 2. The number of rotatable bonds is 4. The second kappa shape index (κ2) is 6.63. The van der Waals surface area contributed by atoms with E-state index in [1.54, 1.807) is 12.1 Å². The maximum absolute atomic E-state index is 13.5. The summed E-state index contributed by atoms with van der Waals surface area (Å²) in [6, 6.07) is 11.3. The Kier molecular flexibility index (Phi) is 4.87. The van der Waals surface area contributed by atoms with Crippen molar-refractivity contribution in [2.75, 3.05) is 16.8 Å². The van der Waals surface area contributed by atoms with Crippen molar-refractivity contribution in [1.29, 1.82) is 0 Å². The van der Waals surface area contributed by atoms with Gasteiger partial charge < -0.3 is 11.1 Å². The number of thioether (sulfide) groups is 1. The molecule has 0 spiro atoms. The van der Waals surface area contributed by atoms with Crippen LogP contribution >= 0.6 is 23.4 Å². The molecule has 0 fully saturated rings. The highest BCUT2D eigenvalue weighted by atomic mass is 35.5. The average Bonchev–Trinajstić information content (AvgIpc) is 2.41. The molecule has 0 radical (unpaired) electrons. The molecular formula is C14H12ClFN2OS. The number of nitrogens with two attached hydrogens (primary N) is 1. The lowest BCUT2D eigenvalue weighted by Crippen LogP contribution is -2.14. The van der Waals surface area contributed by atoms with E-state index in [1.165, 1.54) is 23.9 Å². The summed E-state index contributed by atoms with van der Waals surface area (Å²) in [6.07, 6.45) is 0. The summed E-state index contributed by atoms with van der Waals surface area (Å²) in [5, 5.41) is 2.79. The number of benzene rings is 2. The molecule has 0 saturated heterocycles. The zero-order valence-electron chi connectivity index (χ0n) is 10.4. The second-order valence-corrected chi connectivity index (χ2v) is 5.52. The van der Waals surface area contributed by atoms with Crippen molar-refractivity contribution in [3.63, 3.8) is 0 Å². The zero-order chi connectivity index (χ0) is 14.5. The summed E-state index contributed by atoms with van der Waals surface area (Å²) >= 11 is 6.99. The minimum Gasteiger partial charge on any atom is -0.399 e. The molecule has 6 heteroatoms. The summed E-state index contributed by atoms with van der Waals surface area (Å²) in [5.74, 6) is -0.650. The predicted molar refractivity (Wildman–Crippen MR) is 81.6 cm³/mol. The van der Waals surface area contributed by atoms with Crippen LogP contribution in [0.5, 0.6) is 0 Å². The zero-order valence-corrected chi connectivity index (χ0v) is 12.0. The van der Waals surface area contributed by atoms with Crippen LogP contribution in [0.25, 0.3) is 0 Å². The molecule has 0 bridgehead atoms. The fraction of sp³-hybridized carbons (Fsp3) is 0.0714. The number of anilines is 2. The molecule has 2 aromatic carbocycles. The van der Waals surface area contributed by atoms with Crippen molar-refractivity contribution < 1.29 is 9.18 Å². The molecule has 0 aliphatic heterocycles. The van der Waals surface area contributed by atoms with E-state index in [1.807, 2.05) is 12.1 Å². The third-order valence-corrected chi connectivity index (χ3v) is 3.70. The summed E-state index contributed by atoms with van der Waals surface area (Å²) in [6.45, 7) is 0. The van der Waals surface area contributed by atoms with Gasteiger partial charge in [-0.3, -0.25) is 4.79 Å². The Morgan fingerprint density at radius 1 is 1.25 bits per heavy atom. The van der Waals surface area contributed by atoms with Crippen LogP contribution in [0.3, 0.4) is 0 Å². The van der Waals surface area contributed by atoms with Gasteiger partial charge >= 0.3 is 0 Å². The van der Waals surface area contributed by atoms with Crippen LogP contribution in [-0.2, 0) is 4.79 Å². The quantitative estimate of drug-likeness (QED) is 0.667.